The Kier molecular flexibility index (Phi) is 15.1. The highest BCUT2D eigenvalue weighted by Crippen LogP contribution is 2.38. The van der Waals surface area contributed by atoms with Gasteiger partial charge in [0.2, 0.25) is 17.7 Å². The molecule has 0 radical (unpaired) electrons. The fourth-order valence-corrected chi connectivity index (χ4v) is 13.5. The molecule has 18 nitrogen and oxygen atoms in total. The molecule has 414 valence electrons. The fourth-order valence-electron chi connectivity index (χ4n) is 12.7. The van der Waals surface area contributed by atoms with Gasteiger partial charge in [-0.3, -0.25) is 14.5 Å². The van der Waals surface area contributed by atoms with Gasteiger partial charge in [-0.2, -0.15) is 0 Å². The van der Waals surface area contributed by atoms with Crippen molar-refractivity contribution in [1.29, 1.82) is 0 Å². The number of fused-ring (bicyclic) bond motifs is 3. The summed E-state index contributed by atoms with van der Waals surface area (Å²) < 4.78 is 12.4. The number of hydrogen-bond acceptors (Lipinski definition) is 16. The van der Waals surface area contributed by atoms with Crippen molar-refractivity contribution in [3.63, 3.8) is 0 Å². The van der Waals surface area contributed by atoms with Crippen LogP contribution in [0.15, 0.2) is 89.0 Å². The molecular formula is C60H72N12O6S. The van der Waals surface area contributed by atoms with Crippen LogP contribution in [0.5, 0.6) is 11.6 Å². The molecule has 0 bridgehead atoms. The summed E-state index contributed by atoms with van der Waals surface area (Å²) in [5.74, 6) is 2.11. The number of amides is 2. The minimum absolute atomic E-state index is 0.0877. The molecule has 5 aliphatic rings. The van der Waals surface area contributed by atoms with Gasteiger partial charge in [0.05, 0.1) is 33.9 Å². The smallest absolute Gasteiger partial charge is 0.243 e. The third-order valence-corrected chi connectivity index (χ3v) is 18.3. The second kappa shape index (κ2) is 22.7. The van der Waals surface area contributed by atoms with E-state index in [-0.39, 0.29) is 48.6 Å². The van der Waals surface area contributed by atoms with E-state index < -0.39 is 18.1 Å². The number of piperazine rings is 1. The molecule has 4 atom stereocenters. The topological polar surface area (TPSA) is 205 Å². The average Bonchev–Trinajstić information content (AvgIpc) is 4.30. The number of aromatic amines is 1. The van der Waals surface area contributed by atoms with E-state index >= 15 is 0 Å². The zero-order valence-corrected chi connectivity index (χ0v) is 46.4. The predicted molar refractivity (Wildman–Crippen MR) is 304 cm³/mol. The number of pyridine rings is 1. The Hall–Kier alpha value is -6.93. The number of aliphatic hydroxyl groups excluding tert-OH is 1. The van der Waals surface area contributed by atoms with Gasteiger partial charge in [-0.15, -0.1) is 21.5 Å². The molecule has 4 aliphatic heterocycles. The molecule has 4 fully saturated rings. The number of carbonyl (C=O) groups excluding carboxylic acids is 2. The van der Waals surface area contributed by atoms with Crippen LogP contribution in [-0.2, 0) is 22.6 Å². The molecule has 5 aromatic heterocycles. The van der Waals surface area contributed by atoms with Crippen LogP contribution in [0.1, 0.15) is 93.1 Å². The van der Waals surface area contributed by atoms with Crippen molar-refractivity contribution in [3.8, 4) is 33.3 Å². The van der Waals surface area contributed by atoms with E-state index in [0.717, 1.165) is 129 Å². The van der Waals surface area contributed by atoms with Gasteiger partial charge in [-0.05, 0) is 106 Å². The number of aryl methyl sites for hydroxylation is 1. The van der Waals surface area contributed by atoms with Crippen LogP contribution in [0.3, 0.4) is 0 Å². The van der Waals surface area contributed by atoms with Crippen molar-refractivity contribution in [1.82, 2.24) is 50.3 Å². The van der Waals surface area contributed by atoms with Gasteiger partial charge in [0.15, 0.2) is 17.2 Å². The number of aromatic hydroxyl groups is 1. The predicted octanol–water partition coefficient (Wildman–Crippen LogP) is 7.98. The highest BCUT2D eigenvalue weighted by atomic mass is 32.1. The number of nitrogens with one attached hydrogen (secondary N) is 2. The summed E-state index contributed by atoms with van der Waals surface area (Å²) >= 11 is 1.60. The summed E-state index contributed by atoms with van der Waals surface area (Å²) in [5.41, 5.74) is 10.4. The SMILES string of the molecule is Cc1ncsc1-c1ccc([C@H](C)NC(=O)[C@@H]2C[C@@H](O)CN2C(=O)[C@@H](c2cc(N3CCN(CC4CCN(CC5CC(Oc6cc(N7CCc8[nH]c9nnc(-c%10ccccc%10O)cc9c8C7)ccn6)C5)CC4)CC3)no2)C(C)C)cc1. The number of rotatable bonds is 16. The van der Waals surface area contributed by atoms with Crippen molar-refractivity contribution in [3.05, 3.63) is 113 Å². The van der Waals surface area contributed by atoms with Crippen LogP contribution in [0, 0.1) is 24.7 Å². The number of thiazole rings is 1. The quantitative estimate of drug-likeness (QED) is 0.0724. The molecule has 12 rings (SSSR count). The number of hydrogen-bond donors (Lipinski definition) is 4. The molecule has 4 N–H and O–H groups in total. The monoisotopic (exact) mass is 1090 g/mol. The highest BCUT2D eigenvalue weighted by Gasteiger charge is 2.44. The lowest BCUT2D eigenvalue weighted by Gasteiger charge is -2.42. The molecule has 1 aliphatic carbocycles. The molecule has 19 heteroatoms. The Labute approximate surface area is 465 Å². The van der Waals surface area contributed by atoms with E-state index in [0.29, 0.717) is 34.7 Å². The Morgan fingerprint density at radius 1 is 0.873 bits per heavy atom. The molecule has 1 saturated carbocycles. The zero-order chi connectivity index (χ0) is 54.3. The number of ether oxygens (including phenoxy) is 1. The summed E-state index contributed by atoms with van der Waals surface area (Å²) in [7, 11) is 0. The number of aromatic nitrogens is 6. The molecule has 0 unspecified atom stereocenters. The van der Waals surface area contributed by atoms with Crippen LogP contribution < -0.4 is 19.9 Å². The van der Waals surface area contributed by atoms with Crippen LogP contribution in [0.25, 0.3) is 32.7 Å². The van der Waals surface area contributed by atoms with Gasteiger partial charge in [0.1, 0.15) is 23.8 Å². The number of carbonyl (C=O) groups is 2. The third kappa shape index (κ3) is 11.3. The molecule has 2 amide bonds. The van der Waals surface area contributed by atoms with Gasteiger partial charge in [0, 0.05) is 118 Å². The Morgan fingerprint density at radius 3 is 2.41 bits per heavy atom. The van der Waals surface area contributed by atoms with Gasteiger partial charge < -0.3 is 49.4 Å². The number of aliphatic hydroxyl groups is 1. The average molecular weight is 1090 g/mol. The molecular weight excluding hydrogens is 1020 g/mol. The summed E-state index contributed by atoms with van der Waals surface area (Å²) in [6.07, 6.45) is 6.79. The van der Waals surface area contributed by atoms with Crippen LogP contribution in [0.2, 0.25) is 0 Å². The van der Waals surface area contributed by atoms with Crippen LogP contribution >= 0.6 is 11.3 Å². The summed E-state index contributed by atoms with van der Waals surface area (Å²) in [4.78, 5) is 53.2. The second-order valence-corrected chi connectivity index (χ2v) is 23.9. The highest BCUT2D eigenvalue weighted by molar-refractivity contribution is 7.13. The van der Waals surface area contributed by atoms with E-state index in [1.807, 2.05) is 94.0 Å². The normalized spacial score (nSPS) is 22.0. The Bertz CT molecular complexity index is 3270. The van der Waals surface area contributed by atoms with E-state index in [2.05, 4.69) is 67.4 Å². The van der Waals surface area contributed by atoms with Crippen molar-refractivity contribution >= 4 is 45.7 Å². The summed E-state index contributed by atoms with van der Waals surface area (Å²) in [6, 6.07) is 22.3. The third-order valence-electron chi connectivity index (χ3n) is 17.3. The van der Waals surface area contributed by atoms with Gasteiger partial charge in [-0.1, -0.05) is 55.4 Å². The fraction of sp³-hybridized carbons (Fsp3) is 0.483. The number of para-hydroxylation sites is 1. The number of nitrogens with zero attached hydrogens (tertiary/aromatic N) is 10. The Morgan fingerprint density at radius 2 is 1.65 bits per heavy atom. The largest absolute Gasteiger partial charge is 0.507 e. The van der Waals surface area contributed by atoms with Gasteiger partial charge >= 0.3 is 0 Å². The van der Waals surface area contributed by atoms with Crippen LogP contribution in [0.4, 0.5) is 11.5 Å². The lowest BCUT2D eigenvalue weighted by atomic mass is 9.81. The number of H-pyrrole nitrogens is 1. The van der Waals surface area contributed by atoms with Gasteiger partial charge in [0.25, 0.3) is 0 Å². The number of benzene rings is 2. The summed E-state index contributed by atoms with van der Waals surface area (Å²) in [5, 5.41) is 38.8. The first-order valence-electron chi connectivity index (χ1n) is 28.4. The van der Waals surface area contributed by atoms with Gasteiger partial charge in [-0.25, -0.2) is 9.97 Å². The lowest BCUT2D eigenvalue weighted by molar-refractivity contribution is -0.141. The maximum absolute atomic E-state index is 14.4. The first kappa shape index (κ1) is 52.8. The number of phenolic OH excluding ortho intramolecular Hbond substituents is 1. The van der Waals surface area contributed by atoms with E-state index in [9.17, 15) is 19.8 Å². The molecule has 3 saturated heterocycles. The number of anilines is 2. The first-order chi connectivity index (χ1) is 38.4. The number of piperidine rings is 1. The van der Waals surface area contributed by atoms with Crippen molar-refractivity contribution in [2.24, 2.45) is 17.8 Å². The lowest BCUT2D eigenvalue weighted by Crippen LogP contribution is -2.49. The minimum Gasteiger partial charge on any atom is -0.507 e. The van der Waals surface area contributed by atoms with E-state index in [1.165, 1.54) is 24.1 Å². The Balaban J connectivity index is 0.569. The maximum atomic E-state index is 14.4. The molecule has 79 heavy (non-hydrogen) atoms. The second-order valence-electron chi connectivity index (χ2n) is 23.0. The summed E-state index contributed by atoms with van der Waals surface area (Å²) in [6.45, 7) is 17.6. The number of β-amino-alcohol motifs (C(OH)–C–C–N with tert-alkyl or cyclic N) is 1. The van der Waals surface area contributed by atoms with Crippen molar-refractivity contribution < 1.29 is 29.1 Å². The zero-order valence-electron chi connectivity index (χ0n) is 45.6. The first-order valence-corrected chi connectivity index (χ1v) is 29.2. The molecule has 9 heterocycles. The van der Waals surface area contributed by atoms with E-state index in [4.69, 9.17) is 9.26 Å². The molecule has 7 aromatic rings. The number of likely N-dealkylation sites (tertiary alicyclic amines) is 2. The van der Waals surface area contributed by atoms with E-state index in [1.54, 1.807) is 22.3 Å². The van der Waals surface area contributed by atoms with Crippen molar-refractivity contribution in [2.75, 3.05) is 75.2 Å². The standard InChI is InChI=1S/C60H72N12O6S/c1-36(2)56(60(76)72-33-44(73)28-51(72)59(75)63-37(3)41-9-11-42(12-10-41)57-38(4)62-35-79-57)53-30-54(67-78-53)70-23-21-69(22-24-70)31-39-14-18-68(19-15-39)32-40-25-45(26-40)77-55-27-43(13-17-61-55)71-20-16-49-48(34-71)47-29-50(65-66-58(47)64-49)46-7-5-6-8-52(46)74/h5-13,17,27,29-30,35-37,39-40,44-45,51,56,73-74H,14-16,18-26,28,31-34H2,1-4H3,(H,63,75)(H,64,66)/t37-,40?,44+,45?,51-,56+/m0/s1. The van der Waals surface area contributed by atoms with Crippen molar-refractivity contribution in [2.45, 2.75) is 103 Å². The molecule has 2 aromatic carbocycles. The minimum atomic E-state index is -0.799. The van der Waals surface area contributed by atoms with Crippen LogP contribution in [-0.4, -0.2) is 151 Å². The maximum Gasteiger partial charge on any atom is 0.243 e. The number of phenols is 1. The molecule has 0 spiro atoms.